The highest BCUT2D eigenvalue weighted by atomic mass is 35.5. The summed E-state index contributed by atoms with van der Waals surface area (Å²) in [5.74, 6) is -0.0311. The molecule has 0 fully saturated rings. The van der Waals surface area contributed by atoms with Crippen molar-refractivity contribution < 1.29 is 4.79 Å². The molecule has 2 aromatic heterocycles. The molecule has 3 rings (SSSR count). The van der Waals surface area contributed by atoms with E-state index in [2.05, 4.69) is 20.5 Å². The van der Waals surface area contributed by atoms with Crippen LogP contribution in [0.4, 0.5) is 5.95 Å². The van der Waals surface area contributed by atoms with Gasteiger partial charge in [-0.3, -0.25) is 14.8 Å². The highest BCUT2D eigenvalue weighted by Crippen LogP contribution is 2.12. The van der Waals surface area contributed by atoms with E-state index in [1.807, 2.05) is 31.2 Å². The van der Waals surface area contributed by atoms with Crippen molar-refractivity contribution in [3.8, 4) is 0 Å². The molecule has 3 aromatic rings. The summed E-state index contributed by atoms with van der Waals surface area (Å²) in [7, 11) is 1.78. The van der Waals surface area contributed by atoms with Crippen LogP contribution in [0.3, 0.4) is 0 Å². The van der Waals surface area contributed by atoms with Crippen LogP contribution in [0.15, 0.2) is 36.8 Å². The second-order valence-electron chi connectivity index (χ2n) is 5.12. The van der Waals surface area contributed by atoms with Gasteiger partial charge < -0.3 is 0 Å². The Bertz CT molecular complexity index is 853. The van der Waals surface area contributed by atoms with Gasteiger partial charge in [0.05, 0.1) is 18.3 Å². The fraction of sp³-hybridized carbons (Fsp3) is 0.200. The van der Waals surface area contributed by atoms with E-state index >= 15 is 0 Å². The first-order valence-corrected chi connectivity index (χ1v) is 7.34. The molecule has 0 saturated heterocycles. The smallest absolute Gasteiger partial charge is 0.261 e. The normalized spacial score (nSPS) is 10.7. The van der Waals surface area contributed by atoms with Crippen molar-refractivity contribution in [2.24, 2.45) is 7.05 Å². The van der Waals surface area contributed by atoms with E-state index in [4.69, 9.17) is 11.6 Å². The van der Waals surface area contributed by atoms with E-state index in [-0.39, 0.29) is 11.9 Å². The van der Waals surface area contributed by atoms with Crippen LogP contribution in [0, 0.1) is 6.92 Å². The van der Waals surface area contributed by atoms with Crippen LogP contribution in [0.2, 0.25) is 5.02 Å². The van der Waals surface area contributed by atoms with E-state index in [1.165, 1.54) is 6.20 Å². The molecule has 0 saturated carbocycles. The molecule has 23 heavy (non-hydrogen) atoms. The Balaban J connectivity index is 1.70. The lowest BCUT2D eigenvalue weighted by Crippen LogP contribution is -2.14. The van der Waals surface area contributed by atoms with Gasteiger partial charge in [-0.05, 0) is 24.6 Å². The number of rotatable bonds is 4. The summed E-state index contributed by atoms with van der Waals surface area (Å²) in [4.78, 5) is 16.3. The van der Waals surface area contributed by atoms with Gasteiger partial charge in [-0.1, -0.05) is 23.7 Å². The Morgan fingerprint density at radius 3 is 2.91 bits per heavy atom. The van der Waals surface area contributed by atoms with Gasteiger partial charge >= 0.3 is 0 Å². The first-order chi connectivity index (χ1) is 11.0. The molecule has 0 aliphatic rings. The first kappa shape index (κ1) is 15.2. The third-order valence-corrected chi connectivity index (χ3v) is 3.71. The predicted octanol–water partition coefficient (Wildman–Crippen LogP) is 2.27. The zero-order valence-corrected chi connectivity index (χ0v) is 13.4. The third kappa shape index (κ3) is 3.40. The monoisotopic (exact) mass is 330 g/mol. The zero-order valence-electron chi connectivity index (χ0n) is 12.7. The van der Waals surface area contributed by atoms with Gasteiger partial charge in [-0.25, -0.2) is 9.67 Å². The third-order valence-electron chi connectivity index (χ3n) is 3.48. The lowest BCUT2D eigenvalue weighted by Gasteiger charge is -2.02. The molecule has 1 aromatic carbocycles. The van der Waals surface area contributed by atoms with Crippen molar-refractivity contribution in [2.45, 2.75) is 13.5 Å². The number of nitrogens with one attached hydrogen (secondary N) is 1. The number of benzene rings is 1. The molecule has 2 heterocycles. The number of nitrogens with zero attached hydrogens (tertiary/aromatic N) is 5. The number of hydrogen-bond acceptors (Lipinski definition) is 4. The molecule has 0 spiro atoms. The number of halogens is 1. The van der Waals surface area contributed by atoms with E-state index in [0.29, 0.717) is 17.1 Å². The lowest BCUT2D eigenvalue weighted by atomic mass is 10.2. The molecule has 0 unspecified atom stereocenters. The van der Waals surface area contributed by atoms with Crippen LogP contribution in [-0.2, 0) is 13.6 Å². The molecule has 1 amide bonds. The SMILES string of the molecule is Cc1c(C(=O)Nc2ncn(Cc3cccc(Cl)c3)n2)cnn1C. The van der Waals surface area contributed by atoms with Crippen LogP contribution >= 0.6 is 11.6 Å². The molecular weight excluding hydrogens is 316 g/mol. The first-order valence-electron chi connectivity index (χ1n) is 6.97. The average Bonchev–Trinajstić information content (AvgIpc) is 3.07. The van der Waals surface area contributed by atoms with E-state index in [9.17, 15) is 4.79 Å². The molecule has 7 nitrogen and oxygen atoms in total. The zero-order chi connectivity index (χ0) is 16.4. The van der Waals surface area contributed by atoms with Gasteiger partial charge in [-0.2, -0.15) is 5.10 Å². The summed E-state index contributed by atoms with van der Waals surface area (Å²) in [6, 6.07) is 7.50. The quantitative estimate of drug-likeness (QED) is 0.796. The van der Waals surface area contributed by atoms with Crippen molar-refractivity contribution >= 4 is 23.5 Å². The number of carbonyl (C=O) groups is 1. The number of carbonyl (C=O) groups excluding carboxylic acids is 1. The largest absolute Gasteiger partial charge is 0.289 e. The van der Waals surface area contributed by atoms with Crippen molar-refractivity contribution in [1.29, 1.82) is 0 Å². The summed E-state index contributed by atoms with van der Waals surface area (Å²) in [6.45, 7) is 2.35. The van der Waals surface area contributed by atoms with Gasteiger partial charge in [0.15, 0.2) is 0 Å². The summed E-state index contributed by atoms with van der Waals surface area (Å²) in [5.41, 5.74) is 2.28. The number of amides is 1. The number of aryl methyl sites for hydroxylation is 1. The molecule has 0 radical (unpaired) electrons. The summed E-state index contributed by atoms with van der Waals surface area (Å²) in [5, 5.41) is 11.6. The molecular formula is C15H15ClN6O. The van der Waals surface area contributed by atoms with E-state index in [1.54, 1.807) is 22.7 Å². The number of anilines is 1. The minimum absolute atomic E-state index is 0.250. The van der Waals surface area contributed by atoms with Crippen LogP contribution in [0.5, 0.6) is 0 Å². The standard InChI is InChI=1S/C15H15ClN6O/c1-10-13(7-18-21(10)2)14(23)19-15-17-9-22(20-15)8-11-4-3-5-12(16)6-11/h3-7,9H,8H2,1-2H3,(H,19,20,23). The number of hydrogen-bond donors (Lipinski definition) is 1. The maximum atomic E-state index is 12.2. The molecule has 8 heteroatoms. The Morgan fingerprint density at radius 2 is 2.22 bits per heavy atom. The van der Waals surface area contributed by atoms with E-state index in [0.717, 1.165) is 11.3 Å². The Hall–Kier alpha value is -2.67. The highest BCUT2D eigenvalue weighted by Gasteiger charge is 2.14. The van der Waals surface area contributed by atoms with Crippen molar-refractivity contribution in [3.05, 3.63) is 58.6 Å². The second kappa shape index (κ2) is 6.21. The van der Waals surface area contributed by atoms with Crippen molar-refractivity contribution in [3.63, 3.8) is 0 Å². The summed E-state index contributed by atoms with van der Waals surface area (Å²) in [6.07, 6.45) is 3.08. The minimum Gasteiger partial charge on any atom is -0.289 e. The molecule has 0 atom stereocenters. The molecule has 0 aliphatic heterocycles. The van der Waals surface area contributed by atoms with Gasteiger partial charge in [0.1, 0.15) is 6.33 Å². The topological polar surface area (TPSA) is 77.6 Å². The lowest BCUT2D eigenvalue weighted by molar-refractivity contribution is 0.102. The molecule has 0 aliphatic carbocycles. The number of aromatic nitrogens is 5. The Kier molecular flexibility index (Phi) is 4.12. The second-order valence-corrected chi connectivity index (χ2v) is 5.55. The molecule has 118 valence electrons. The Morgan fingerprint density at radius 1 is 1.39 bits per heavy atom. The summed E-state index contributed by atoms with van der Waals surface area (Å²) >= 11 is 5.96. The fourth-order valence-electron chi connectivity index (χ4n) is 2.14. The fourth-order valence-corrected chi connectivity index (χ4v) is 2.35. The maximum Gasteiger partial charge on any atom is 0.261 e. The predicted molar refractivity (Wildman–Crippen MR) is 86.5 cm³/mol. The Labute approximate surface area is 137 Å². The molecule has 1 N–H and O–H groups in total. The van der Waals surface area contributed by atoms with Gasteiger partial charge in [0.2, 0.25) is 5.95 Å². The van der Waals surface area contributed by atoms with Crippen LogP contribution in [-0.4, -0.2) is 30.5 Å². The van der Waals surface area contributed by atoms with Crippen LogP contribution < -0.4 is 5.32 Å². The van der Waals surface area contributed by atoms with Gasteiger partial charge in [0, 0.05) is 17.8 Å². The van der Waals surface area contributed by atoms with E-state index < -0.39 is 0 Å². The summed E-state index contributed by atoms with van der Waals surface area (Å²) < 4.78 is 3.28. The average molecular weight is 331 g/mol. The van der Waals surface area contributed by atoms with Crippen molar-refractivity contribution in [2.75, 3.05) is 5.32 Å². The van der Waals surface area contributed by atoms with Gasteiger partial charge in [0.25, 0.3) is 5.91 Å². The molecule has 0 bridgehead atoms. The van der Waals surface area contributed by atoms with Crippen molar-refractivity contribution in [1.82, 2.24) is 24.5 Å². The minimum atomic E-state index is -0.281. The maximum absolute atomic E-state index is 12.2. The van der Waals surface area contributed by atoms with Gasteiger partial charge in [-0.15, -0.1) is 5.10 Å². The van der Waals surface area contributed by atoms with Crippen LogP contribution in [0.1, 0.15) is 21.6 Å². The highest BCUT2D eigenvalue weighted by molar-refractivity contribution is 6.30. The van der Waals surface area contributed by atoms with Crippen LogP contribution in [0.25, 0.3) is 0 Å².